The van der Waals surface area contributed by atoms with Crippen LogP contribution in [-0.2, 0) is 32.0 Å². The summed E-state index contributed by atoms with van der Waals surface area (Å²) >= 11 is 0. The summed E-state index contributed by atoms with van der Waals surface area (Å²) < 4.78 is 32.1. The molecule has 1 aliphatic carbocycles. The zero-order chi connectivity index (χ0) is 33.0. The molecule has 5 N–H and O–H groups in total. The second kappa shape index (κ2) is 16.9. The van der Waals surface area contributed by atoms with Crippen molar-refractivity contribution in [3.63, 3.8) is 0 Å². The van der Waals surface area contributed by atoms with E-state index >= 15 is 0 Å². The Labute approximate surface area is 262 Å². The predicted octanol–water partition coefficient (Wildman–Crippen LogP) is 3.87. The van der Waals surface area contributed by atoms with E-state index in [1.807, 2.05) is 0 Å². The molecule has 45 heavy (non-hydrogen) atoms. The van der Waals surface area contributed by atoms with Crippen LogP contribution in [0.2, 0.25) is 0 Å². The maximum Gasteiger partial charge on any atom is 0.407 e. The van der Waals surface area contributed by atoms with Gasteiger partial charge in [-0.25, -0.2) is 13.6 Å². The van der Waals surface area contributed by atoms with Gasteiger partial charge in [0.25, 0.3) is 0 Å². The van der Waals surface area contributed by atoms with Gasteiger partial charge in [-0.1, -0.05) is 37.1 Å². The van der Waals surface area contributed by atoms with Crippen molar-refractivity contribution in [2.45, 2.75) is 89.4 Å². The van der Waals surface area contributed by atoms with E-state index in [4.69, 9.17) is 4.74 Å². The van der Waals surface area contributed by atoms with Crippen molar-refractivity contribution in [3.8, 4) is 0 Å². The summed E-state index contributed by atoms with van der Waals surface area (Å²) in [5.41, 5.74) is 0.858. The van der Waals surface area contributed by atoms with Crippen LogP contribution in [0.3, 0.4) is 0 Å². The Morgan fingerprint density at radius 1 is 0.889 bits per heavy atom. The van der Waals surface area contributed by atoms with Crippen molar-refractivity contribution in [1.29, 1.82) is 0 Å². The minimum absolute atomic E-state index is 0.104. The Bertz CT molecular complexity index is 1280. The van der Waals surface area contributed by atoms with Crippen molar-refractivity contribution in [1.82, 2.24) is 21.3 Å². The number of hydrogen-bond acceptors (Lipinski definition) is 6. The zero-order valence-corrected chi connectivity index (χ0v) is 26.0. The summed E-state index contributed by atoms with van der Waals surface area (Å²) in [5.74, 6) is -2.49. The largest absolute Gasteiger partial charge is 0.481 e. The molecule has 1 aliphatic rings. The van der Waals surface area contributed by atoms with E-state index in [0.717, 1.165) is 24.0 Å². The maximum atomic E-state index is 13.5. The Morgan fingerprint density at radius 2 is 1.49 bits per heavy atom. The van der Waals surface area contributed by atoms with E-state index in [2.05, 4.69) is 21.3 Å². The summed E-state index contributed by atoms with van der Waals surface area (Å²) in [7, 11) is 0. The van der Waals surface area contributed by atoms with Gasteiger partial charge in [-0.2, -0.15) is 0 Å². The first kappa shape index (κ1) is 35.4. The van der Waals surface area contributed by atoms with Crippen LogP contribution in [0.25, 0.3) is 0 Å². The molecule has 10 nitrogen and oxygen atoms in total. The van der Waals surface area contributed by atoms with Crippen LogP contribution in [0.15, 0.2) is 48.5 Å². The predicted molar refractivity (Wildman–Crippen MR) is 164 cm³/mol. The highest BCUT2D eigenvalue weighted by Crippen LogP contribution is 2.33. The molecule has 1 fully saturated rings. The van der Waals surface area contributed by atoms with Gasteiger partial charge in [-0.15, -0.1) is 0 Å². The number of carboxylic acid groups (broad SMARTS) is 1. The molecule has 0 heterocycles. The highest BCUT2D eigenvalue weighted by molar-refractivity contribution is 5.90. The number of benzene rings is 2. The molecule has 246 valence electrons. The molecule has 0 radical (unpaired) electrons. The smallest absolute Gasteiger partial charge is 0.407 e. The van der Waals surface area contributed by atoms with Crippen LogP contribution < -0.4 is 21.3 Å². The molecule has 0 spiro atoms. The number of amides is 3. The molecule has 0 aromatic heterocycles. The summed E-state index contributed by atoms with van der Waals surface area (Å²) in [6.07, 6.45) is 2.13. The molecular formula is C33H44F2N4O6. The van der Waals surface area contributed by atoms with E-state index < -0.39 is 47.6 Å². The van der Waals surface area contributed by atoms with Gasteiger partial charge in [0, 0.05) is 25.6 Å². The lowest BCUT2D eigenvalue weighted by atomic mass is 10.0. The average molecular weight is 631 g/mol. The van der Waals surface area contributed by atoms with Gasteiger partial charge in [0.1, 0.15) is 23.3 Å². The van der Waals surface area contributed by atoms with Crippen molar-refractivity contribution in [2.75, 3.05) is 13.1 Å². The third-order valence-corrected chi connectivity index (χ3v) is 7.22. The Kier molecular flexibility index (Phi) is 13.3. The number of ether oxygens (including phenoxy) is 1. The monoisotopic (exact) mass is 630 g/mol. The first-order valence-corrected chi connectivity index (χ1v) is 15.3. The van der Waals surface area contributed by atoms with Crippen LogP contribution in [0.4, 0.5) is 13.6 Å². The molecule has 0 saturated heterocycles. The van der Waals surface area contributed by atoms with Gasteiger partial charge in [0.15, 0.2) is 0 Å². The van der Waals surface area contributed by atoms with Crippen LogP contribution in [0.1, 0.15) is 64.0 Å². The second-order valence-corrected chi connectivity index (χ2v) is 12.5. The molecule has 0 aliphatic heterocycles. The normalized spacial score (nSPS) is 15.0. The lowest BCUT2D eigenvalue weighted by Gasteiger charge is -2.27. The molecule has 2 aromatic carbocycles. The minimum Gasteiger partial charge on any atom is -0.481 e. The van der Waals surface area contributed by atoms with Gasteiger partial charge in [-0.05, 0) is 87.8 Å². The van der Waals surface area contributed by atoms with Crippen molar-refractivity contribution >= 4 is 23.9 Å². The fraction of sp³-hybridized carbons (Fsp3) is 0.515. The maximum absolute atomic E-state index is 13.5. The Morgan fingerprint density at radius 3 is 2.04 bits per heavy atom. The molecule has 12 heteroatoms. The summed E-state index contributed by atoms with van der Waals surface area (Å²) in [5, 5.41) is 20.8. The number of alkyl carbamates (subject to hydrolysis) is 1. The minimum atomic E-state index is -1.10. The number of carbonyl (C=O) groups excluding carboxylic acids is 3. The highest BCUT2D eigenvalue weighted by atomic mass is 19.1. The first-order valence-electron chi connectivity index (χ1n) is 15.3. The number of rotatable bonds is 17. The summed E-state index contributed by atoms with van der Waals surface area (Å²) in [6.45, 7) is 5.63. The van der Waals surface area contributed by atoms with Gasteiger partial charge in [0.05, 0.1) is 6.04 Å². The third-order valence-electron chi connectivity index (χ3n) is 7.22. The highest BCUT2D eigenvalue weighted by Gasteiger charge is 2.32. The Balaban J connectivity index is 1.66. The van der Waals surface area contributed by atoms with E-state index in [0.29, 0.717) is 25.2 Å². The van der Waals surface area contributed by atoms with Gasteiger partial charge >= 0.3 is 12.1 Å². The van der Waals surface area contributed by atoms with E-state index in [9.17, 15) is 33.1 Å². The quantitative estimate of drug-likeness (QED) is 0.178. The SMILES string of the molecule is CC(C)(C)OC(=O)N[C@H](CN[C@@H](CC1CC1)C(=O)N[C@@H](CCC(=O)O)C(=O)NCCc1ccc(F)cc1)Cc1ccc(F)cc1. The number of nitrogens with one attached hydrogen (secondary N) is 4. The first-order chi connectivity index (χ1) is 21.3. The lowest BCUT2D eigenvalue weighted by Crippen LogP contribution is -2.55. The summed E-state index contributed by atoms with van der Waals surface area (Å²) in [6, 6.07) is 9.47. The van der Waals surface area contributed by atoms with Crippen molar-refractivity contribution in [3.05, 3.63) is 71.3 Å². The topological polar surface area (TPSA) is 146 Å². The van der Waals surface area contributed by atoms with Crippen molar-refractivity contribution < 1.29 is 37.8 Å². The standard InChI is InChI=1S/C33H44F2N4O6/c1-33(2,3)45-32(44)38-26(18-22-8-12-25(35)13-9-22)20-37-28(19-23-4-5-23)31(43)39-27(14-15-29(40)41)30(42)36-17-16-21-6-10-24(34)11-7-21/h6-13,23,26-28,37H,4-5,14-20H2,1-3H3,(H,36,42)(H,38,44)(H,39,43)(H,40,41)/t26-,27-,28-/m0/s1. The number of hydrogen-bond donors (Lipinski definition) is 5. The third kappa shape index (κ3) is 14.1. The molecule has 3 amide bonds. The molecule has 3 rings (SSSR count). The fourth-order valence-corrected chi connectivity index (χ4v) is 4.72. The van der Waals surface area contributed by atoms with Crippen LogP contribution >= 0.6 is 0 Å². The van der Waals surface area contributed by atoms with Gasteiger partial charge < -0.3 is 31.1 Å². The Hall–Kier alpha value is -4.06. The molecule has 0 unspecified atom stereocenters. The second-order valence-electron chi connectivity index (χ2n) is 12.5. The molecule has 0 bridgehead atoms. The van der Waals surface area contributed by atoms with Gasteiger partial charge in [0.2, 0.25) is 11.8 Å². The number of halogens is 2. The van der Waals surface area contributed by atoms with E-state index in [1.54, 1.807) is 45.0 Å². The summed E-state index contributed by atoms with van der Waals surface area (Å²) in [4.78, 5) is 50.5. The van der Waals surface area contributed by atoms with Crippen LogP contribution in [-0.4, -0.2) is 65.8 Å². The van der Waals surface area contributed by atoms with Crippen molar-refractivity contribution in [2.24, 2.45) is 5.92 Å². The van der Waals surface area contributed by atoms with Crippen LogP contribution in [0, 0.1) is 17.6 Å². The zero-order valence-electron chi connectivity index (χ0n) is 26.0. The number of carboxylic acids is 1. The molecule has 2 aromatic rings. The van der Waals surface area contributed by atoms with Gasteiger partial charge in [-0.3, -0.25) is 14.4 Å². The van der Waals surface area contributed by atoms with E-state index in [-0.39, 0.29) is 37.6 Å². The van der Waals surface area contributed by atoms with Crippen LogP contribution in [0.5, 0.6) is 0 Å². The molecule has 3 atom stereocenters. The molecule has 1 saturated carbocycles. The number of carbonyl (C=O) groups is 4. The van der Waals surface area contributed by atoms with E-state index in [1.165, 1.54) is 24.3 Å². The lowest BCUT2D eigenvalue weighted by molar-refractivity contribution is -0.138. The number of aliphatic carboxylic acids is 1. The average Bonchev–Trinajstić information content (AvgIpc) is 3.78. The fourth-order valence-electron chi connectivity index (χ4n) is 4.72. The molecular weight excluding hydrogens is 586 g/mol.